The van der Waals surface area contributed by atoms with E-state index in [9.17, 15) is 23.3 Å². The summed E-state index contributed by atoms with van der Waals surface area (Å²) in [5, 5.41) is 17.5. The van der Waals surface area contributed by atoms with Gasteiger partial charge in [0.05, 0.1) is 10.6 Å². The van der Waals surface area contributed by atoms with Gasteiger partial charge in [-0.15, -0.1) is 24.5 Å². The van der Waals surface area contributed by atoms with Crippen LogP contribution in [0, 0.1) is 24.0 Å². The van der Waals surface area contributed by atoms with E-state index >= 15 is 0 Å². The first kappa shape index (κ1) is 20.3. The van der Waals surface area contributed by atoms with Gasteiger partial charge in [0.15, 0.2) is 5.13 Å². The number of nitro groups is 1. The quantitative estimate of drug-likeness (QED) is 0.425. The van der Waals surface area contributed by atoms with Gasteiger partial charge in [0.1, 0.15) is 12.1 Å². The first-order valence-electron chi connectivity index (χ1n) is 7.95. The highest BCUT2D eigenvalue weighted by Gasteiger charge is 2.31. The first-order valence-corrected chi connectivity index (χ1v) is 8.77. The number of nitrogens with zero attached hydrogens (tertiary/aromatic N) is 4. The van der Waals surface area contributed by atoms with Crippen LogP contribution in [0.4, 0.5) is 41.3 Å². The Balaban J connectivity index is 1.86. The van der Waals surface area contributed by atoms with E-state index in [-0.39, 0.29) is 17.3 Å². The molecule has 0 aliphatic carbocycles. The van der Waals surface area contributed by atoms with Gasteiger partial charge in [0.25, 0.3) is 0 Å². The number of anilines is 4. The van der Waals surface area contributed by atoms with Crippen LogP contribution >= 0.6 is 11.3 Å². The maximum absolute atomic E-state index is 12.2. The maximum atomic E-state index is 12.2. The number of nitrogens with one attached hydrogen (secondary N) is 2. The monoisotopic (exact) mass is 426 g/mol. The maximum Gasteiger partial charge on any atom is 0.573 e. The summed E-state index contributed by atoms with van der Waals surface area (Å²) < 4.78 is 40.5. The molecule has 0 spiro atoms. The Morgan fingerprint density at radius 3 is 2.24 bits per heavy atom. The zero-order valence-electron chi connectivity index (χ0n) is 14.9. The van der Waals surface area contributed by atoms with Crippen LogP contribution in [0.3, 0.4) is 0 Å². The fourth-order valence-corrected chi connectivity index (χ4v) is 3.05. The number of hydrogen-bond acceptors (Lipinski definition) is 9. The van der Waals surface area contributed by atoms with E-state index in [4.69, 9.17) is 0 Å². The Hall–Kier alpha value is -3.48. The lowest BCUT2D eigenvalue weighted by atomic mass is 10.3. The summed E-state index contributed by atoms with van der Waals surface area (Å²) in [6, 6.07) is 4.69. The zero-order chi connectivity index (χ0) is 21.2. The Morgan fingerprint density at radius 2 is 1.72 bits per heavy atom. The molecular weight excluding hydrogens is 413 g/mol. The number of halogens is 3. The Morgan fingerprint density at radius 1 is 1.10 bits per heavy atom. The van der Waals surface area contributed by atoms with Crippen molar-refractivity contribution in [1.82, 2.24) is 15.0 Å². The molecule has 152 valence electrons. The number of thiazole rings is 1. The SMILES string of the molecule is Cc1nc(Nc2ncnc(Nc3ccc(OC(F)(F)F)cc3)c2[N+](=O)[O-])sc1C. The Kier molecular flexibility index (Phi) is 5.50. The predicted octanol–water partition coefficient (Wildman–Crippen LogP) is 4.84. The standard InChI is InChI=1S/C16H13F3N6O3S/c1-8-9(2)29-15(22-8)24-14-12(25(26)27)13(20-7-21-14)23-10-3-5-11(6-4-10)28-16(17,18)19/h3-7H,1-2H3,(H2,20,21,22,23,24). The molecule has 9 nitrogen and oxygen atoms in total. The van der Waals surface area contributed by atoms with Crippen molar-refractivity contribution in [3.05, 3.63) is 51.3 Å². The second kappa shape index (κ2) is 7.87. The molecule has 13 heteroatoms. The molecule has 2 aromatic heterocycles. The number of hydrogen-bond donors (Lipinski definition) is 2. The number of alkyl halides is 3. The molecule has 1 aromatic carbocycles. The summed E-state index contributed by atoms with van der Waals surface area (Å²) in [4.78, 5) is 23.9. The zero-order valence-corrected chi connectivity index (χ0v) is 15.8. The van der Waals surface area contributed by atoms with Crippen LogP contribution in [-0.2, 0) is 0 Å². The van der Waals surface area contributed by atoms with Crippen LogP contribution in [0.25, 0.3) is 0 Å². The number of aromatic nitrogens is 3. The summed E-state index contributed by atoms with van der Waals surface area (Å²) in [6.07, 6.45) is -3.69. The van der Waals surface area contributed by atoms with E-state index in [0.29, 0.717) is 5.13 Å². The lowest BCUT2D eigenvalue weighted by Crippen LogP contribution is -2.17. The highest BCUT2D eigenvalue weighted by Crippen LogP contribution is 2.34. The summed E-state index contributed by atoms with van der Waals surface area (Å²) in [7, 11) is 0. The number of benzene rings is 1. The van der Waals surface area contributed by atoms with Crippen molar-refractivity contribution >= 4 is 39.5 Å². The van der Waals surface area contributed by atoms with E-state index < -0.39 is 22.7 Å². The molecule has 0 fully saturated rings. The second-order valence-corrected chi connectivity index (χ2v) is 6.86. The van der Waals surface area contributed by atoms with Crippen LogP contribution in [0.15, 0.2) is 30.6 Å². The molecule has 2 N–H and O–H groups in total. The molecule has 0 saturated heterocycles. The normalized spacial score (nSPS) is 11.2. The average molecular weight is 426 g/mol. The van der Waals surface area contributed by atoms with E-state index in [0.717, 1.165) is 29.0 Å². The first-order chi connectivity index (χ1) is 13.6. The van der Waals surface area contributed by atoms with Crippen LogP contribution in [0.2, 0.25) is 0 Å². The lowest BCUT2D eigenvalue weighted by molar-refractivity contribution is -0.383. The average Bonchev–Trinajstić information content (AvgIpc) is 2.92. The predicted molar refractivity (Wildman–Crippen MR) is 100.0 cm³/mol. The minimum absolute atomic E-state index is 0.0710. The highest BCUT2D eigenvalue weighted by atomic mass is 32.1. The Labute approximate surface area is 165 Å². The van der Waals surface area contributed by atoms with Gasteiger partial charge in [-0.05, 0) is 38.1 Å². The fourth-order valence-electron chi connectivity index (χ4n) is 2.24. The van der Waals surface area contributed by atoms with E-state index in [1.807, 2.05) is 13.8 Å². The molecule has 3 rings (SSSR count). The summed E-state index contributed by atoms with van der Waals surface area (Å²) in [6.45, 7) is 3.68. The van der Waals surface area contributed by atoms with Gasteiger partial charge in [-0.2, -0.15) is 0 Å². The minimum atomic E-state index is -4.81. The van der Waals surface area contributed by atoms with Crippen molar-refractivity contribution in [3.63, 3.8) is 0 Å². The highest BCUT2D eigenvalue weighted by molar-refractivity contribution is 7.15. The van der Waals surface area contributed by atoms with Crippen molar-refractivity contribution in [2.75, 3.05) is 10.6 Å². The van der Waals surface area contributed by atoms with Crippen LogP contribution in [-0.4, -0.2) is 26.2 Å². The summed E-state index contributed by atoms with van der Waals surface area (Å²) in [5.74, 6) is -0.627. The topological polar surface area (TPSA) is 115 Å². The van der Waals surface area contributed by atoms with Gasteiger partial charge in [-0.3, -0.25) is 10.1 Å². The van der Waals surface area contributed by atoms with Gasteiger partial charge in [-0.25, -0.2) is 15.0 Å². The molecule has 3 aromatic rings. The molecule has 0 aliphatic heterocycles. The molecule has 0 bridgehead atoms. The molecule has 0 unspecified atom stereocenters. The van der Waals surface area contributed by atoms with Crippen LogP contribution in [0.1, 0.15) is 10.6 Å². The molecule has 0 atom stereocenters. The molecule has 0 aliphatic rings. The van der Waals surface area contributed by atoms with Gasteiger partial charge in [-0.1, -0.05) is 0 Å². The second-order valence-electron chi connectivity index (χ2n) is 5.66. The molecule has 29 heavy (non-hydrogen) atoms. The van der Waals surface area contributed by atoms with Crippen molar-refractivity contribution in [1.29, 1.82) is 0 Å². The third-order valence-electron chi connectivity index (χ3n) is 3.61. The largest absolute Gasteiger partial charge is 0.573 e. The third kappa shape index (κ3) is 5.07. The molecule has 0 saturated carbocycles. The molecule has 2 heterocycles. The van der Waals surface area contributed by atoms with E-state index in [1.54, 1.807) is 0 Å². The third-order valence-corrected chi connectivity index (χ3v) is 4.60. The van der Waals surface area contributed by atoms with E-state index in [2.05, 4.69) is 30.3 Å². The van der Waals surface area contributed by atoms with Gasteiger partial charge < -0.3 is 15.4 Å². The van der Waals surface area contributed by atoms with Crippen molar-refractivity contribution in [3.8, 4) is 5.75 Å². The van der Waals surface area contributed by atoms with Gasteiger partial charge in [0.2, 0.25) is 11.6 Å². The van der Waals surface area contributed by atoms with E-state index in [1.165, 1.54) is 23.5 Å². The van der Waals surface area contributed by atoms with Gasteiger partial charge in [0, 0.05) is 10.6 Å². The van der Waals surface area contributed by atoms with Crippen molar-refractivity contribution < 1.29 is 22.8 Å². The minimum Gasteiger partial charge on any atom is -0.406 e. The Bertz CT molecular complexity index is 1020. The summed E-state index contributed by atoms with van der Waals surface area (Å²) >= 11 is 1.31. The molecule has 0 radical (unpaired) electrons. The van der Waals surface area contributed by atoms with Crippen molar-refractivity contribution in [2.24, 2.45) is 0 Å². The smallest absolute Gasteiger partial charge is 0.406 e. The van der Waals surface area contributed by atoms with Crippen LogP contribution < -0.4 is 15.4 Å². The van der Waals surface area contributed by atoms with Crippen LogP contribution in [0.5, 0.6) is 5.75 Å². The number of aryl methyl sites for hydroxylation is 2. The molecular formula is C16H13F3N6O3S. The molecule has 0 amide bonds. The fraction of sp³-hybridized carbons (Fsp3) is 0.188. The van der Waals surface area contributed by atoms with Gasteiger partial charge >= 0.3 is 12.0 Å². The summed E-state index contributed by atoms with van der Waals surface area (Å²) in [5.41, 5.74) is 0.621. The lowest BCUT2D eigenvalue weighted by Gasteiger charge is -2.11. The van der Waals surface area contributed by atoms with Crippen molar-refractivity contribution in [2.45, 2.75) is 20.2 Å². The number of rotatable bonds is 6. The number of ether oxygens (including phenoxy) is 1.